The van der Waals surface area contributed by atoms with E-state index in [1.807, 2.05) is 0 Å². The van der Waals surface area contributed by atoms with Gasteiger partial charge < -0.3 is 25.0 Å². The van der Waals surface area contributed by atoms with E-state index in [4.69, 9.17) is 14.9 Å². The molecule has 0 aromatic heterocycles. The Labute approximate surface area is 92.5 Å². The van der Waals surface area contributed by atoms with E-state index in [1.165, 1.54) is 0 Å². The molecule has 94 valence electrons. The number of hydrogen-bond donors (Lipinski definition) is 4. The van der Waals surface area contributed by atoms with Crippen LogP contribution in [-0.4, -0.2) is 61.9 Å². The molecule has 0 saturated carbocycles. The first-order valence-corrected chi connectivity index (χ1v) is 4.68. The third kappa shape index (κ3) is 7.97. The Bertz CT molecular complexity index is 201. The zero-order valence-electron chi connectivity index (χ0n) is 8.72. The summed E-state index contributed by atoms with van der Waals surface area (Å²) in [6.07, 6.45) is -1.11. The summed E-state index contributed by atoms with van der Waals surface area (Å²) in [5.74, 6) is 0. The van der Waals surface area contributed by atoms with Gasteiger partial charge in [0.15, 0.2) is 0 Å². The Hall–Kier alpha value is -1.38. The molecular formula is C8H16N2O6. The SMILES string of the molecule is O=CNCC(NC(=O)OCCO)OCCO. The summed E-state index contributed by atoms with van der Waals surface area (Å²) in [6.45, 7) is -0.532. The van der Waals surface area contributed by atoms with Crippen LogP contribution in [0.5, 0.6) is 0 Å². The number of aliphatic hydroxyl groups excluding tert-OH is 2. The van der Waals surface area contributed by atoms with Crippen LogP contribution in [0.2, 0.25) is 0 Å². The van der Waals surface area contributed by atoms with Crippen molar-refractivity contribution < 1.29 is 29.3 Å². The van der Waals surface area contributed by atoms with Crippen molar-refractivity contribution in [3.05, 3.63) is 0 Å². The van der Waals surface area contributed by atoms with Crippen LogP contribution in [0.15, 0.2) is 0 Å². The lowest BCUT2D eigenvalue weighted by molar-refractivity contribution is -0.110. The second-order valence-corrected chi connectivity index (χ2v) is 2.61. The van der Waals surface area contributed by atoms with Crippen molar-refractivity contribution in [3.8, 4) is 0 Å². The maximum atomic E-state index is 11.0. The van der Waals surface area contributed by atoms with Crippen molar-refractivity contribution in [1.82, 2.24) is 10.6 Å². The van der Waals surface area contributed by atoms with Gasteiger partial charge in [-0.2, -0.15) is 0 Å². The molecule has 0 aliphatic heterocycles. The Morgan fingerprint density at radius 2 is 2.00 bits per heavy atom. The van der Waals surface area contributed by atoms with Gasteiger partial charge in [-0.3, -0.25) is 10.1 Å². The molecular weight excluding hydrogens is 220 g/mol. The summed E-state index contributed by atoms with van der Waals surface area (Å²) in [7, 11) is 0. The molecule has 0 aromatic rings. The van der Waals surface area contributed by atoms with Gasteiger partial charge in [-0.25, -0.2) is 4.79 Å². The highest BCUT2D eigenvalue weighted by molar-refractivity contribution is 5.67. The van der Waals surface area contributed by atoms with E-state index < -0.39 is 12.3 Å². The highest BCUT2D eigenvalue weighted by Gasteiger charge is 2.12. The highest BCUT2D eigenvalue weighted by Crippen LogP contribution is 1.88. The molecule has 0 radical (unpaired) electrons. The molecule has 8 heteroatoms. The van der Waals surface area contributed by atoms with Gasteiger partial charge in [0.2, 0.25) is 6.41 Å². The van der Waals surface area contributed by atoms with Crippen molar-refractivity contribution >= 4 is 12.5 Å². The molecule has 1 atom stereocenters. The molecule has 0 heterocycles. The van der Waals surface area contributed by atoms with Crippen LogP contribution in [0.3, 0.4) is 0 Å². The van der Waals surface area contributed by atoms with Gasteiger partial charge in [0.05, 0.1) is 26.4 Å². The fourth-order valence-corrected chi connectivity index (χ4v) is 0.813. The molecule has 2 amide bonds. The minimum absolute atomic E-state index is 0.0193. The van der Waals surface area contributed by atoms with Crippen molar-refractivity contribution in [2.45, 2.75) is 6.23 Å². The van der Waals surface area contributed by atoms with E-state index in [2.05, 4.69) is 15.4 Å². The van der Waals surface area contributed by atoms with Crippen LogP contribution < -0.4 is 10.6 Å². The normalized spacial score (nSPS) is 11.6. The monoisotopic (exact) mass is 236 g/mol. The van der Waals surface area contributed by atoms with Gasteiger partial charge in [0.1, 0.15) is 12.8 Å². The fourth-order valence-electron chi connectivity index (χ4n) is 0.813. The maximum Gasteiger partial charge on any atom is 0.409 e. The number of alkyl carbamates (subject to hydrolysis) is 1. The molecule has 0 rings (SSSR count). The number of carbonyl (C=O) groups is 2. The van der Waals surface area contributed by atoms with E-state index in [1.54, 1.807) is 0 Å². The zero-order valence-corrected chi connectivity index (χ0v) is 8.72. The second kappa shape index (κ2) is 10.1. The van der Waals surface area contributed by atoms with Gasteiger partial charge in [-0.05, 0) is 0 Å². The molecule has 1 unspecified atom stereocenters. The Kier molecular flexibility index (Phi) is 9.27. The maximum absolute atomic E-state index is 11.0. The molecule has 0 bridgehead atoms. The smallest absolute Gasteiger partial charge is 0.409 e. The average Bonchev–Trinajstić information content (AvgIpc) is 2.30. The third-order valence-electron chi connectivity index (χ3n) is 1.40. The average molecular weight is 236 g/mol. The summed E-state index contributed by atoms with van der Waals surface area (Å²) in [5, 5.41) is 21.5. The van der Waals surface area contributed by atoms with Crippen molar-refractivity contribution in [2.24, 2.45) is 0 Å². The lowest BCUT2D eigenvalue weighted by Gasteiger charge is -2.18. The van der Waals surface area contributed by atoms with Crippen molar-refractivity contribution in [1.29, 1.82) is 0 Å². The number of nitrogens with one attached hydrogen (secondary N) is 2. The van der Waals surface area contributed by atoms with E-state index in [9.17, 15) is 9.59 Å². The molecule has 16 heavy (non-hydrogen) atoms. The Morgan fingerprint density at radius 1 is 1.31 bits per heavy atom. The van der Waals surface area contributed by atoms with E-state index >= 15 is 0 Å². The van der Waals surface area contributed by atoms with E-state index in [0.717, 1.165) is 0 Å². The first-order valence-electron chi connectivity index (χ1n) is 4.68. The molecule has 8 nitrogen and oxygen atoms in total. The molecule has 0 aliphatic carbocycles. The van der Waals surface area contributed by atoms with E-state index in [0.29, 0.717) is 6.41 Å². The van der Waals surface area contributed by atoms with Crippen molar-refractivity contribution in [3.63, 3.8) is 0 Å². The molecule has 0 aliphatic rings. The van der Waals surface area contributed by atoms with E-state index in [-0.39, 0.29) is 33.0 Å². The minimum atomic E-state index is -0.788. The largest absolute Gasteiger partial charge is 0.447 e. The van der Waals surface area contributed by atoms with Gasteiger partial charge in [-0.15, -0.1) is 0 Å². The van der Waals surface area contributed by atoms with Gasteiger partial charge >= 0.3 is 6.09 Å². The topological polar surface area (TPSA) is 117 Å². The molecule has 0 saturated heterocycles. The van der Waals surface area contributed by atoms with Crippen LogP contribution in [0.4, 0.5) is 4.79 Å². The minimum Gasteiger partial charge on any atom is -0.447 e. The summed E-state index contributed by atoms with van der Waals surface area (Å²) in [6, 6.07) is 0. The fraction of sp³-hybridized carbons (Fsp3) is 0.750. The molecule has 4 N–H and O–H groups in total. The standard InChI is InChI=1S/C8H16N2O6/c11-1-3-15-7(5-9-6-13)10-8(14)16-4-2-12/h6-7,11-12H,1-5H2,(H,9,13)(H,10,14). The molecule has 0 aromatic carbocycles. The number of ether oxygens (including phenoxy) is 2. The highest BCUT2D eigenvalue weighted by atomic mass is 16.6. The summed E-state index contributed by atoms with van der Waals surface area (Å²) in [5.41, 5.74) is 0. The lowest BCUT2D eigenvalue weighted by atomic mass is 10.5. The van der Waals surface area contributed by atoms with Gasteiger partial charge in [0.25, 0.3) is 0 Å². The Morgan fingerprint density at radius 3 is 2.56 bits per heavy atom. The Balaban J connectivity index is 3.87. The number of carbonyl (C=O) groups excluding carboxylic acids is 2. The number of hydrogen-bond acceptors (Lipinski definition) is 6. The van der Waals surface area contributed by atoms with Crippen molar-refractivity contribution in [2.75, 3.05) is 33.0 Å². The zero-order chi connectivity index (χ0) is 12.2. The summed E-state index contributed by atoms with van der Waals surface area (Å²) in [4.78, 5) is 21.1. The van der Waals surface area contributed by atoms with Gasteiger partial charge in [-0.1, -0.05) is 0 Å². The molecule has 0 spiro atoms. The first-order chi connectivity index (χ1) is 7.74. The van der Waals surface area contributed by atoms with Gasteiger partial charge in [0, 0.05) is 0 Å². The van der Waals surface area contributed by atoms with Crippen LogP contribution in [0.1, 0.15) is 0 Å². The quantitative estimate of drug-likeness (QED) is 0.266. The van der Waals surface area contributed by atoms with Crippen LogP contribution >= 0.6 is 0 Å². The van der Waals surface area contributed by atoms with Crippen LogP contribution in [0, 0.1) is 0 Å². The summed E-state index contributed by atoms with van der Waals surface area (Å²) < 4.78 is 9.52. The molecule has 0 fully saturated rings. The second-order valence-electron chi connectivity index (χ2n) is 2.61. The number of rotatable bonds is 9. The number of amides is 2. The predicted octanol–water partition coefficient (Wildman–Crippen LogP) is -2.21. The number of aliphatic hydroxyl groups is 2. The van der Waals surface area contributed by atoms with Crippen LogP contribution in [0.25, 0.3) is 0 Å². The third-order valence-corrected chi connectivity index (χ3v) is 1.40. The lowest BCUT2D eigenvalue weighted by Crippen LogP contribution is -2.44. The van der Waals surface area contributed by atoms with Crippen LogP contribution in [-0.2, 0) is 14.3 Å². The first kappa shape index (κ1) is 14.6. The summed E-state index contributed by atoms with van der Waals surface area (Å²) >= 11 is 0. The predicted molar refractivity (Wildman–Crippen MR) is 52.5 cm³/mol.